The van der Waals surface area contributed by atoms with E-state index in [1.54, 1.807) is 0 Å². The first kappa shape index (κ1) is 21.8. The molecule has 2 aromatic heterocycles. The third-order valence-electron chi connectivity index (χ3n) is 5.05. The molecule has 12 heteroatoms. The molecule has 2 N–H and O–H groups in total. The van der Waals surface area contributed by atoms with E-state index < -0.39 is 46.8 Å². The number of aromatic carboxylic acids is 1. The first-order chi connectivity index (χ1) is 15.7. The van der Waals surface area contributed by atoms with Gasteiger partial charge in [-0.3, -0.25) is 14.9 Å². The molecule has 2 aromatic carbocycles. The minimum atomic E-state index is -1.58. The van der Waals surface area contributed by atoms with Gasteiger partial charge < -0.3 is 14.8 Å². The van der Waals surface area contributed by atoms with Gasteiger partial charge in [0.1, 0.15) is 17.2 Å². The Labute approximate surface area is 182 Å². The zero-order valence-electron chi connectivity index (χ0n) is 16.6. The van der Waals surface area contributed by atoms with Crippen LogP contribution in [0.15, 0.2) is 53.5 Å². The first-order valence-corrected chi connectivity index (χ1v) is 9.39. The molecule has 0 bridgehead atoms. The quantitative estimate of drug-likeness (QED) is 0.336. The number of fused-ring (bicyclic) bond motifs is 1. The SMILES string of the molecule is O=C(O)c1cn(Cc2c(F)cccc2F)c2nc(-c3ccc([N+](=O)[O-])cc3)c(CO)n2c1=O. The van der Waals surface area contributed by atoms with Crippen LogP contribution in [0.4, 0.5) is 14.5 Å². The second-order valence-corrected chi connectivity index (χ2v) is 6.99. The van der Waals surface area contributed by atoms with Crippen LogP contribution in [0, 0.1) is 21.7 Å². The number of nitrogens with zero attached hydrogens (tertiary/aromatic N) is 4. The second kappa shape index (κ2) is 8.24. The maximum Gasteiger partial charge on any atom is 0.342 e. The number of aliphatic hydroxyl groups is 1. The highest BCUT2D eigenvalue weighted by Gasteiger charge is 2.23. The van der Waals surface area contributed by atoms with Crippen molar-refractivity contribution in [2.75, 3.05) is 0 Å². The van der Waals surface area contributed by atoms with E-state index in [0.29, 0.717) is 5.56 Å². The topological polar surface area (TPSA) is 140 Å². The van der Waals surface area contributed by atoms with Crippen molar-refractivity contribution in [3.8, 4) is 11.3 Å². The van der Waals surface area contributed by atoms with Crippen molar-refractivity contribution in [1.29, 1.82) is 0 Å². The molecular weight excluding hydrogens is 442 g/mol. The Morgan fingerprint density at radius 2 is 1.76 bits per heavy atom. The number of benzene rings is 2. The van der Waals surface area contributed by atoms with Crippen LogP contribution in [-0.4, -0.2) is 35.1 Å². The molecule has 10 nitrogen and oxygen atoms in total. The number of aliphatic hydroxyl groups excluding tert-OH is 1. The van der Waals surface area contributed by atoms with Crippen LogP contribution in [0.25, 0.3) is 17.0 Å². The highest BCUT2D eigenvalue weighted by molar-refractivity contribution is 5.87. The molecule has 4 aromatic rings. The maximum atomic E-state index is 14.2. The number of nitro groups is 1. The van der Waals surface area contributed by atoms with Gasteiger partial charge >= 0.3 is 5.97 Å². The van der Waals surface area contributed by atoms with Gasteiger partial charge in [0, 0.05) is 29.5 Å². The molecule has 0 unspecified atom stereocenters. The molecule has 0 aliphatic heterocycles. The van der Waals surface area contributed by atoms with E-state index in [1.165, 1.54) is 30.3 Å². The number of imidazole rings is 1. The van der Waals surface area contributed by atoms with Crippen LogP contribution in [0.5, 0.6) is 0 Å². The largest absolute Gasteiger partial charge is 0.477 e. The van der Waals surface area contributed by atoms with Crippen LogP contribution in [0.1, 0.15) is 21.6 Å². The summed E-state index contributed by atoms with van der Waals surface area (Å²) in [5.41, 5.74) is -2.03. The summed E-state index contributed by atoms with van der Waals surface area (Å²) < 4.78 is 30.4. The third-order valence-corrected chi connectivity index (χ3v) is 5.05. The predicted molar refractivity (Wildman–Crippen MR) is 110 cm³/mol. The molecule has 4 rings (SSSR count). The summed E-state index contributed by atoms with van der Waals surface area (Å²) in [4.78, 5) is 39.1. The highest BCUT2D eigenvalue weighted by Crippen LogP contribution is 2.26. The second-order valence-electron chi connectivity index (χ2n) is 6.99. The fourth-order valence-corrected chi connectivity index (χ4v) is 3.47. The smallest absolute Gasteiger partial charge is 0.342 e. The lowest BCUT2D eigenvalue weighted by Gasteiger charge is -2.11. The zero-order chi connectivity index (χ0) is 23.9. The van der Waals surface area contributed by atoms with Gasteiger partial charge in [0.25, 0.3) is 11.2 Å². The molecular formula is C21H14F2N4O6. The number of aromatic nitrogens is 3. The summed E-state index contributed by atoms with van der Waals surface area (Å²) in [5, 5.41) is 30.3. The Kier molecular flexibility index (Phi) is 5.44. The molecule has 0 spiro atoms. The van der Waals surface area contributed by atoms with Crippen LogP contribution < -0.4 is 5.56 Å². The Morgan fingerprint density at radius 1 is 1.12 bits per heavy atom. The molecule has 0 amide bonds. The molecule has 0 radical (unpaired) electrons. The van der Waals surface area contributed by atoms with Crippen molar-refractivity contribution in [3.63, 3.8) is 0 Å². The van der Waals surface area contributed by atoms with Gasteiger partial charge in [-0.25, -0.2) is 23.0 Å². The maximum absolute atomic E-state index is 14.2. The van der Waals surface area contributed by atoms with Gasteiger partial charge in [-0.05, 0) is 24.3 Å². The number of non-ortho nitro benzene ring substituents is 1. The molecule has 0 saturated heterocycles. The number of carboxylic acids is 1. The first-order valence-electron chi connectivity index (χ1n) is 9.39. The fraction of sp³-hybridized carbons (Fsp3) is 0.0952. The average Bonchev–Trinajstić information content (AvgIpc) is 3.18. The van der Waals surface area contributed by atoms with Crippen LogP contribution in [0.3, 0.4) is 0 Å². The van der Waals surface area contributed by atoms with E-state index in [9.17, 15) is 38.7 Å². The van der Waals surface area contributed by atoms with Crippen molar-refractivity contribution in [2.45, 2.75) is 13.2 Å². The number of hydrogen-bond donors (Lipinski definition) is 2. The van der Waals surface area contributed by atoms with Crippen molar-refractivity contribution in [1.82, 2.24) is 14.0 Å². The monoisotopic (exact) mass is 456 g/mol. The predicted octanol–water partition coefficient (Wildman–Crippen LogP) is 2.59. The Bertz CT molecular complexity index is 1460. The van der Waals surface area contributed by atoms with Gasteiger partial charge in [-0.2, -0.15) is 0 Å². The number of carboxylic acid groups (broad SMARTS) is 1. The third kappa shape index (κ3) is 3.72. The summed E-state index contributed by atoms with van der Waals surface area (Å²) in [6.45, 7) is -1.23. The Hall–Kier alpha value is -4.45. The molecule has 0 fully saturated rings. The van der Waals surface area contributed by atoms with E-state index >= 15 is 0 Å². The van der Waals surface area contributed by atoms with E-state index in [0.717, 1.165) is 27.3 Å². The fourth-order valence-electron chi connectivity index (χ4n) is 3.47. The van der Waals surface area contributed by atoms with E-state index in [1.807, 2.05) is 0 Å². The van der Waals surface area contributed by atoms with Crippen molar-refractivity contribution in [2.24, 2.45) is 0 Å². The molecule has 0 atom stereocenters. The number of halogens is 2. The number of hydrogen-bond acceptors (Lipinski definition) is 6. The lowest BCUT2D eigenvalue weighted by atomic mass is 10.1. The lowest BCUT2D eigenvalue weighted by molar-refractivity contribution is -0.384. The Balaban J connectivity index is 2.01. The van der Waals surface area contributed by atoms with E-state index in [-0.39, 0.29) is 28.4 Å². The molecule has 0 aliphatic carbocycles. The van der Waals surface area contributed by atoms with Gasteiger partial charge in [-0.15, -0.1) is 0 Å². The zero-order valence-corrected chi connectivity index (χ0v) is 16.6. The molecule has 2 heterocycles. The van der Waals surface area contributed by atoms with Gasteiger partial charge in [-0.1, -0.05) is 6.07 Å². The van der Waals surface area contributed by atoms with Gasteiger partial charge in [0.2, 0.25) is 5.78 Å². The van der Waals surface area contributed by atoms with Crippen molar-refractivity contribution < 1.29 is 28.7 Å². The van der Waals surface area contributed by atoms with Crippen molar-refractivity contribution in [3.05, 3.63) is 97.6 Å². The number of carbonyl (C=O) groups is 1. The van der Waals surface area contributed by atoms with Crippen LogP contribution in [0.2, 0.25) is 0 Å². The van der Waals surface area contributed by atoms with Crippen molar-refractivity contribution >= 4 is 17.4 Å². The average molecular weight is 456 g/mol. The summed E-state index contributed by atoms with van der Waals surface area (Å²) in [6, 6.07) is 8.33. The summed E-state index contributed by atoms with van der Waals surface area (Å²) in [7, 11) is 0. The minimum absolute atomic E-state index is 0.0507. The van der Waals surface area contributed by atoms with E-state index in [2.05, 4.69) is 4.98 Å². The Morgan fingerprint density at radius 3 is 2.30 bits per heavy atom. The van der Waals surface area contributed by atoms with E-state index in [4.69, 9.17) is 0 Å². The number of nitro benzene ring substituents is 1. The highest BCUT2D eigenvalue weighted by atomic mass is 19.1. The van der Waals surface area contributed by atoms with Gasteiger partial charge in [0.15, 0.2) is 0 Å². The number of rotatable bonds is 6. The van der Waals surface area contributed by atoms with Gasteiger partial charge in [0.05, 0.1) is 29.5 Å². The molecule has 168 valence electrons. The normalized spacial score (nSPS) is 11.1. The lowest BCUT2D eigenvalue weighted by Crippen LogP contribution is -2.27. The van der Waals surface area contributed by atoms with Crippen LogP contribution in [-0.2, 0) is 13.2 Å². The van der Waals surface area contributed by atoms with Crippen LogP contribution >= 0.6 is 0 Å². The standard InChI is InChI=1S/C21H14F2N4O6/c22-15-2-1-3-16(23)13(15)8-25-9-14(20(30)31)19(29)26-17(10-28)18(24-21(25)26)11-4-6-12(7-5-11)27(32)33/h1-7,9,28H,8,10H2,(H,30,31). The molecule has 33 heavy (non-hydrogen) atoms. The minimum Gasteiger partial charge on any atom is -0.477 e. The summed E-state index contributed by atoms with van der Waals surface area (Å²) in [6.07, 6.45) is 0.916. The summed E-state index contributed by atoms with van der Waals surface area (Å²) >= 11 is 0. The summed E-state index contributed by atoms with van der Waals surface area (Å²) in [5.74, 6) is -3.52. The molecule has 0 saturated carbocycles. The molecule has 0 aliphatic rings.